The Bertz CT molecular complexity index is 653. The van der Waals surface area contributed by atoms with Crippen LogP contribution in [0.3, 0.4) is 0 Å². The van der Waals surface area contributed by atoms with E-state index < -0.39 is 0 Å². The molecular formula is C15H14Cl2N2OS. The number of rotatable bonds is 4. The van der Waals surface area contributed by atoms with E-state index in [1.54, 1.807) is 12.1 Å². The third kappa shape index (κ3) is 4.56. The van der Waals surface area contributed by atoms with E-state index in [-0.39, 0.29) is 11.7 Å². The van der Waals surface area contributed by atoms with E-state index in [1.165, 1.54) is 11.8 Å². The Labute approximate surface area is 137 Å². The molecule has 1 amide bonds. The number of nitrogens with one attached hydrogen (secondary N) is 1. The zero-order valence-electron chi connectivity index (χ0n) is 11.3. The monoisotopic (exact) mass is 340 g/mol. The van der Waals surface area contributed by atoms with E-state index in [0.29, 0.717) is 21.4 Å². The second-order valence-corrected chi connectivity index (χ2v) is 6.40. The summed E-state index contributed by atoms with van der Waals surface area (Å²) in [6, 6.07) is 11.1. The fourth-order valence-corrected chi connectivity index (χ4v) is 3.13. The van der Waals surface area contributed by atoms with Crippen molar-refractivity contribution in [3.63, 3.8) is 0 Å². The molecule has 0 atom stereocenters. The number of halogens is 2. The zero-order valence-corrected chi connectivity index (χ0v) is 13.6. The largest absolute Gasteiger partial charge is 0.397 e. The summed E-state index contributed by atoms with van der Waals surface area (Å²) in [4.78, 5) is 13.0. The highest BCUT2D eigenvalue weighted by Gasteiger charge is 2.11. The fourth-order valence-electron chi connectivity index (χ4n) is 1.75. The first-order chi connectivity index (χ1) is 9.95. The molecule has 0 spiro atoms. The summed E-state index contributed by atoms with van der Waals surface area (Å²) < 4.78 is 0. The Morgan fingerprint density at radius 3 is 2.71 bits per heavy atom. The standard InChI is InChI=1S/C15H14Cl2N2OS/c1-9-3-2-4-11(5-9)21-8-14(20)19-15-12(17)6-10(16)7-13(15)18/h2-7H,8,18H2,1H3,(H,19,20). The summed E-state index contributed by atoms with van der Waals surface area (Å²) >= 11 is 13.3. The number of carbonyl (C=O) groups excluding carboxylic acids is 1. The lowest BCUT2D eigenvalue weighted by atomic mass is 10.2. The first-order valence-corrected chi connectivity index (χ1v) is 7.93. The van der Waals surface area contributed by atoms with Crippen LogP contribution in [0, 0.1) is 6.92 Å². The third-order valence-corrected chi connectivity index (χ3v) is 4.22. The summed E-state index contributed by atoms with van der Waals surface area (Å²) in [5.41, 5.74) is 7.71. The van der Waals surface area contributed by atoms with Crippen LogP contribution < -0.4 is 11.1 Å². The van der Waals surface area contributed by atoms with Crippen molar-refractivity contribution in [2.24, 2.45) is 0 Å². The van der Waals surface area contributed by atoms with Gasteiger partial charge in [0.1, 0.15) is 0 Å². The van der Waals surface area contributed by atoms with Crippen LogP contribution in [-0.4, -0.2) is 11.7 Å². The molecule has 0 heterocycles. The van der Waals surface area contributed by atoms with E-state index in [1.807, 2.05) is 31.2 Å². The van der Waals surface area contributed by atoms with Gasteiger partial charge in [-0.2, -0.15) is 0 Å². The average Bonchev–Trinajstić information content (AvgIpc) is 2.40. The second-order valence-electron chi connectivity index (χ2n) is 4.51. The summed E-state index contributed by atoms with van der Waals surface area (Å²) in [6.45, 7) is 2.01. The molecule has 0 aliphatic rings. The Morgan fingerprint density at radius 2 is 2.05 bits per heavy atom. The summed E-state index contributed by atoms with van der Waals surface area (Å²) in [5.74, 6) is 0.111. The summed E-state index contributed by atoms with van der Waals surface area (Å²) in [6.07, 6.45) is 0. The van der Waals surface area contributed by atoms with Crippen molar-refractivity contribution in [3.05, 3.63) is 52.0 Å². The predicted octanol–water partition coefficient (Wildman–Crippen LogP) is 4.61. The van der Waals surface area contributed by atoms with E-state index in [4.69, 9.17) is 28.9 Å². The van der Waals surface area contributed by atoms with Crippen LogP contribution in [0.15, 0.2) is 41.3 Å². The minimum absolute atomic E-state index is 0.169. The van der Waals surface area contributed by atoms with Gasteiger partial charge in [-0.15, -0.1) is 11.8 Å². The van der Waals surface area contributed by atoms with Crippen molar-refractivity contribution in [2.75, 3.05) is 16.8 Å². The topological polar surface area (TPSA) is 55.1 Å². The molecule has 21 heavy (non-hydrogen) atoms. The van der Waals surface area contributed by atoms with E-state index in [0.717, 1.165) is 10.5 Å². The number of thioether (sulfide) groups is 1. The van der Waals surface area contributed by atoms with Gasteiger partial charge in [-0.05, 0) is 31.2 Å². The van der Waals surface area contributed by atoms with Crippen LogP contribution >= 0.6 is 35.0 Å². The SMILES string of the molecule is Cc1cccc(SCC(=O)Nc2c(N)cc(Cl)cc2Cl)c1. The number of hydrogen-bond acceptors (Lipinski definition) is 3. The van der Waals surface area contributed by atoms with Gasteiger partial charge < -0.3 is 11.1 Å². The Balaban J connectivity index is 1.99. The van der Waals surface area contributed by atoms with Gasteiger partial charge in [0, 0.05) is 9.92 Å². The molecule has 6 heteroatoms. The number of nitrogens with two attached hydrogens (primary N) is 1. The van der Waals surface area contributed by atoms with Gasteiger partial charge in [0.05, 0.1) is 22.2 Å². The van der Waals surface area contributed by atoms with Gasteiger partial charge in [-0.3, -0.25) is 4.79 Å². The number of amides is 1. The molecule has 3 nitrogen and oxygen atoms in total. The van der Waals surface area contributed by atoms with Crippen molar-refractivity contribution in [3.8, 4) is 0 Å². The molecule has 0 bridgehead atoms. The highest BCUT2D eigenvalue weighted by Crippen LogP contribution is 2.32. The lowest BCUT2D eigenvalue weighted by Gasteiger charge is -2.10. The lowest BCUT2D eigenvalue weighted by molar-refractivity contribution is -0.113. The average molecular weight is 341 g/mol. The van der Waals surface area contributed by atoms with Crippen LogP contribution in [0.1, 0.15) is 5.56 Å². The highest BCUT2D eigenvalue weighted by atomic mass is 35.5. The smallest absolute Gasteiger partial charge is 0.234 e. The van der Waals surface area contributed by atoms with Crippen molar-refractivity contribution < 1.29 is 4.79 Å². The first kappa shape index (κ1) is 16.0. The fraction of sp³-hybridized carbons (Fsp3) is 0.133. The van der Waals surface area contributed by atoms with Crippen molar-refractivity contribution in [1.82, 2.24) is 0 Å². The van der Waals surface area contributed by atoms with E-state index >= 15 is 0 Å². The molecule has 3 N–H and O–H groups in total. The number of aryl methyl sites for hydroxylation is 1. The molecule has 2 rings (SSSR count). The first-order valence-electron chi connectivity index (χ1n) is 6.19. The number of nitrogen functional groups attached to an aromatic ring is 1. The predicted molar refractivity (Wildman–Crippen MR) is 91.4 cm³/mol. The Kier molecular flexibility index (Phi) is 5.39. The number of benzene rings is 2. The summed E-state index contributed by atoms with van der Waals surface area (Å²) in [5, 5.41) is 3.48. The van der Waals surface area contributed by atoms with Gasteiger partial charge in [0.25, 0.3) is 0 Å². The molecule has 0 saturated heterocycles. The van der Waals surface area contributed by atoms with Crippen molar-refractivity contribution in [1.29, 1.82) is 0 Å². The maximum absolute atomic E-state index is 12.0. The lowest BCUT2D eigenvalue weighted by Crippen LogP contribution is -2.15. The molecule has 110 valence electrons. The molecule has 0 radical (unpaired) electrons. The maximum atomic E-state index is 12.0. The number of carbonyl (C=O) groups is 1. The van der Waals surface area contributed by atoms with E-state index in [9.17, 15) is 4.79 Å². The summed E-state index contributed by atoms with van der Waals surface area (Å²) in [7, 11) is 0. The zero-order chi connectivity index (χ0) is 15.4. The Hall–Kier alpha value is -1.36. The molecule has 0 aromatic heterocycles. The van der Waals surface area contributed by atoms with Crippen molar-refractivity contribution >= 4 is 52.2 Å². The van der Waals surface area contributed by atoms with Gasteiger partial charge in [-0.25, -0.2) is 0 Å². The number of anilines is 2. The molecule has 0 unspecified atom stereocenters. The maximum Gasteiger partial charge on any atom is 0.234 e. The van der Waals surface area contributed by atoms with Gasteiger partial charge in [0.15, 0.2) is 0 Å². The second kappa shape index (κ2) is 7.07. The number of hydrogen-bond donors (Lipinski definition) is 2. The molecule has 2 aromatic carbocycles. The van der Waals surface area contributed by atoms with Gasteiger partial charge in [0.2, 0.25) is 5.91 Å². The van der Waals surface area contributed by atoms with Crippen LogP contribution in [0.2, 0.25) is 10.0 Å². The minimum atomic E-state index is -0.169. The van der Waals surface area contributed by atoms with Crippen LogP contribution in [0.4, 0.5) is 11.4 Å². The minimum Gasteiger partial charge on any atom is -0.397 e. The molecular weight excluding hydrogens is 327 g/mol. The van der Waals surface area contributed by atoms with Crippen molar-refractivity contribution in [2.45, 2.75) is 11.8 Å². The van der Waals surface area contributed by atoms with Crippen LogP contribution in [0.5, 0.6) is 0 Å². The highest BCUT2D eigenvalue weighted by molar-refractivity contribution is 8.00. The third-order valence-electron chi connectivity index (χ3n) is 2.71. The molecule has 0 aliphatic heterocycles. The molecule has 0 saturated carbocycles. The molecule has 0 fully saturated rings. The van der Waals surface area contributed by atoms with Crippen LogP contribution in [0.25, 0.3) is 0 Å². The normalized spacial score (nSPS) is 10.4. The van der Waals surface area contributed by atoms with Gasteiger partial charge >= 0.3 is 0 Å². The van der Waals surface area contributed by atoms with Gasteiger partial charge in [-0.1, -0.05) is 40.9 Å². The van der Waals surface area contributed by atoms with E-state index in [2.05, 4.69) is 5.32 Å². The van der Waals surface area contributed by atoms with Crippen LogP contribution in [-0.2, 0) is 4.79 Å². The molecule has 2 aromatic rings. The Morgan fingerprint density at radius 1 is 1.29 bits per heavy atom. The quantitative estimate of drug-likeness (QED) is 0.630. The molecule has 0 aliphatic carbocycles.